The topological polar surface area (TPSA) is 86.8 Å². The lowest BCUT2D eigenvalue weighted by Crippen LogP contribution is -2.45. The van der Waals surface area contributed by atoms with Crippen LogP contribution in [0.3, 0.4) is 0 Å². The highest BCUT2D eigenvalue weighted by Gasteiger charge is 2.18. The van der Waals surface area contributed by atoms with Crippen molar-refractivity contribution in [1.29, 1.82) is 5.26 Å². The summed E-state index contributed by atoms with van der Waals surface area (Å²) in [5, 5.41) is 13.7. The minimum Gasteiger partial charge on any atom is -0.492 e. The number of hydrogen-bond donors (Lipinski definition) is 0. The Balaban J connectivity index is 1.69. The number of piperazine rings is 1. The van der Waals surface area contributed by atoms with E-state index >= 15 is 0 Å². The van der Waals surface area contributed by atoms with Crippen LogP contribution >= 0.6 is 0 Å². The number of nitrogens with zero attached hydrogens (tertiary/aromatic N) is 6. The molecule has 3 aromatic rings. The van der Waals surface area contributed by atoms with E-state index in [2.05, 4.69) is 21.1 Å². The molecule has 0 saturated carbocycles. The Morgan fingerprint density at radius 3 is 2.71 bits per heavy atom. The molecular formula is C20H20N6O2. The SMILES string of the molecule is CCOc1cc(-c2ccc(N3CCN(C=O)CC3)nc2)c2c(C#N)cnn2c1. The average Bonchev–Trinajstić information content (AvgIpc) is 3.17. The first kappa shape index (κ1) is 17.8. The lowest BCUT2D eigenvalue weighted by atomic mass is 10.1. The summed E-state index contributed by atoms with van der Waals surface area (Å²) in [6.45, 7) is 5.39. The van der Waals surface area contributed by atoms with E-state index in [9.17, 15) is 10.1 Å². The molecule has 4 heterocycles. The normalized spacial score (nSPS) is 14.1. The van der Waals surface area contributed by atoms with Gasteiger partial charge < -0.3 is 14.5 Å². The van der Waals surface area contributed by atoms with Crippen molar-refractivity contribution >= 4 is 17.7 Å². The van der Waals surface area contributed by atoms with Gasteiger partial charge in [-0.05, 0) is 25.1 Å². The standard InChI is InChI=1S/C20H20N6O2/c1-2-28-17-9-18(20-16(10-21)12-23-26(20)13-17)15-3-4-19(22-11-15)25-7-5-24(14-27)6-8-25/h3-4,9,11-14H,2,5-8H2,1H3. The van der Waals surface area contributed by atoms with Crippen LogP contribution in [-0.4, -0.2) is 58.7 Å². The van der Waals surface area contributed by atoms with Crippen molar-refractivity contribution in [2.24, 2.45) is 0 Å². The smallest absolute Gasteiger partial charge is 0.209 e. The van der Waals surface area contributed by atoms with Crippen molar-refractivity contribution < 1.29 is 9.53 Å². The van der Waals surface area contributed by atoms with Crippen molar-refractivity contribution in [3.63, 3.8) is 0 Å². The minimum atomic E-state index is 0.507. The fourth-order valence-corrected chi connectivity index (χ4v) is 3.43. The van der Waals surface area contributed by atoms with E-state index in [1.54, 1.807) is 28.0 Å². The maximum absolute atomic E-state index is 10.9. The molecule has 0 radical (unpaired) electrons. The third kappa shape index (κ3) is 3.22. The summed E-state index contributed by atoms with van der Waals surface area (Å²) in [5.41, 5.74) is 2.98. The highest BCUT2D eigenvalue weighted by atomic mass is 16.5. The van der Waals surface area contributed by atoms with E-state index < -0.39 is 0 Å². The highest BCUT2D eigenvalue weighted by molar-refractivity contribution is 5.85. The van der Waals surface area contributed by atoms with E-state index in [-0.39, 0.29) is 0 Å². The Morgan fingerprint density at radius 2 is 2.07 bits per heavy atom. The average molecular weight is 376 g/mol. The number of fused-ring (bicyclic) bond motifs is 1. The van der Waals surface area contributed by atoms with Gasteiger partial charge in [-0.3, -0.25) is 4.79 Å². The molecule has 28 heavy (non-hydrogen) atoms. The molecular weight excluding hydrogens is 356 g/mol. The number of carbonyl (C=O) groups is 1. The third-order valence-electron chi connectivity index (χ3n) is 4.86. The van der Waals surface area contributed by atoms with Gasteiger partial charge in [-0.25, -0.2) is 9.50 Å². The van der Waals surface area contributed by atoms with Gasteiger partial charge in [0.2, 0.25) is 6.41 Å². The van der Waals surface area contributed by atoms with Gasteiger partial charge in [-0.1, -0.05) is 0 Å². The van der Waals surface area contributed by atoms with Crippen LogP contribution in [0.15, 0.2) is 36.8 Å². The van der Waals surface area contributed by atoms with Crippen LogP contribution in [-0.2, 0) is 4.79 Å². The summed E-state index contributed by atoms with van der Waals surface area (Å²) in [7, 11) is 0. The molecule has 3 aromatic heterocycles. The van der Waals surface area contributed by atoms with E-state index in [1.807, 2.05) is 25.1 Å². The zero-order valence-corrected chi connectivity index (χ0v) is 15.6. The fraction of sp³-hybridized carbons (Fsp3) is 0.300. The van der Waals surface area contributed by atoms with Gasteiger partial charge in [0.05, 0.1) is 30.1 Å². The van der Waals surface area contributed by atoms with Crippen LogP contribution in [0.4, 0.5) is 5.82 Å². The molecule has 8 nitrogen and oxygen atoms in total. The van der Waals surface area contributed by atoms with Gasteiger partial charge in [-0.2, -0.15) is 10.4 Å². The number of pyridine rings is 2. The number of rotatable bonds is 5. The zero-order valence-electron chi connectivity index (χ0n) is 15.6. The molecule has 142 valence electrons. The number of nitriles is 1. The van der Waals surface area contributed by atoms with E-state index in [0.717, 1.165) is 42.0 Å². The maximum Gasteiger partial charge on any atom is 0.209 e. The van der Waals surface area contributed by atoms with Crippen molar-refractivity contribution in [1.82, 2.24) is 19.5 Å². The first-order valence-corrected chi connectivity index (χ1v) is 9.18. The molecule has 0 aromatic carbocycles. The molecule has 1 fully saturated rings. The molecule has 0 atom stereocenters. The lowest BCUT2D eigenvalue weighted by Gasteiger charge is -2.33. The Bertz CT molecular complexity index is 1030. The summed E-state index contributed by atoms with van der Waals surface area (Å²) < 4.78 is 7.33. The quantitative estimate of drug-likeness (QED) is 0.633. The summed E-state index contributed by atoms with van der Waals surface area (Å²) >= 11 is 0. The minimum absolute atomic E-state index is 0.507. The first-order chi connectivity index (χ1) is 13.7. The Hall–Kier alpha value is -3.60. The molecule has 4 rings (SSSR count). The van der Waals surface area contributed by atoms with Gasteiger partial charge in [0.15, 0.2) is 0 Å². The summed E-state index contributed by atoms with van der Waals surface area (Å²) in [6, 6.07) is 8.08. The van der Waals surface area contributed by atoms with E-state index in [1.165, 1.54) is 0 Å². The molecule has 1 amide bonds. The molecule has 1 aliphatic heterocycles. The van der Waals surface area contributed by atoms with E-state index in [4.69, 9.17) is 4.74 Å². The van der Waals surface area contributed by atoms with Gasteiger partial charge in [0, 0.05) is 43.5 Å². The van der Waals surface area contributed by atoms with Crippen LogP contribution in [0.25, 0.3) is 16.6 Å². The van der Waals surface area contributed by atoms with Crippen LogP contribution in [0.5, 0.6) is 5.75 Å². The maximum atomic E-state index is 10.9. The van der Waals surface area contributed by atoms with Gasteiger partial charge in [0.1, 0.15) is 17.6 Å². The lowest BCUT2D eigenvalue weighted by molar-refractivity contribution is -0.118. The van der Waals surface area contributed by atoms with Crippen LogP contribution in [0.2, 0.25) is 0 Å². The molecule has 1 aliphatic rings. The summed E-state index contributed by atoms with van der Waals surface area (Å²) in [5.74, 6) is 1.56. The Morgan fingerprint density at radius 1 is 1.25 bits per heavy atom. The van der Waals surface area contributed by atoms with E-state index in [0.29, 0.717) is 31.0 Å². The van der Waals surface area contributed by atoms with Gasteiger partial charge in [-0.15, -0.1) is 0 Å². The third-order valence-corrected chi connectivity index (χ3v) is 4.86. The zero-order chi connectivity index (χ0) is 19.5. The van der Waals surface area contributed by atoms with Crippen molar-refractivity contribution in [2.45, 2.75) is 6.92 Å². The van der Waals surface area contributed by atoms with Crippen LogP contribution in [0, 0.1) is 11.3 Å². The highest BCUT2D eigenvalue weighted by Crippen LogP contribution is 2.31. The molecule has 8 heteroatoms. The molecule has 0 bridgehead atoms. The number of amides is 1. The number of anilines is 1. The molecule has 0 unspecified atom stereocenters. The summed E-state index contributed by atoms with van der Waals surface area (Å²) in [4.78, 5) is 19.4. The first-order valence-electron chi connectivity index (χ1n) is 9.18. The Kier molecular flexibility index (Phi) is 4.81. The molecule has 0 spiro atoms. The molecule has 0 aliphatic carbocycles. The van der Waals surface area contributed by atoms with Crippen molar-refractivity contribution in [3.8, 4) is 22.9 Å². The molecule has 1 saturated heterocycles. The van der Waals surface area contributed by atoms with Gasteiger partial charge in [0.25, 0.3) is 0 Å². The van der Waals surface area contributed by atoms with Crippen LogP contribution < -0.4 is 9.64 Å². The van der Waals surface area contributed by atoms with Gasteiger partial charge >= 0.3 is 0 Å². The summed E-state index contributed by atoms with van der Waals surface area (Å²) in [6.07, 6.45) is 6.03. The van der Waals surface area contributed by atoms with Crippen molar-refractivity contribution in [2.75, 3.05) is 37.7 Å². The second-order valence-electron chi connectivity index (χ2n) is 6.52. The van der Waals surface area contributed by atoms with Crippen LogP contribution in [0.1, 0.15) is 12.5 Å². The largest absolute Gasteiger partial charge is 0.492 e. The van der Waals surface area contributed by atoms with Crippen molar-refractivity contribution in [3.05, 3.63) is 42.4 Å². The molecule has 0 N–H and O–H groups in total. The Labute approximate surface area is 162 Å². The second-order valence-corrected chi connectivity index (χ2v) is 6.52. The predicted molar refractivity (Wildman–Crippen MR) is 104 cm³/mol. The second kappa shape index (κ2) is 7.56. The number of aromatic nitrogens is 3. The monoisotopic (exact) mass is 376 g/mol. The number of carbonyl (C=O) groups excluding carboxylic acids is 1. The fourth-order valence-electron chi connectivity index (χ4n) is 3.43. The number of hydrogen-bond acceptors (Lipinski definition) is 6. The predicted octanol–water partition coefficient (Wildman–Crippen LogP) is 1.95. The number of ether oxygens (including phenoxy) is 1.